The third-order valence-corrected chi connectivity index (χ3v) is 4.61. The highest BCUT2D eigenvalue weighted by Crippen LogP contribution is 2.32. The molecule has 1 aromatic carbocycles. The summed E-state index contributed by atoms with van der Waals surface area (Å²) < 4.78 is 0.406. The average Bonchev–Trinajstić information content (AvgIpc) is 2.75. The highest BCUT2D eigenvalue weighted by Gasteiger charge is 2.31. The van der Waals surface area contributed by atoms with Crippen LogP contribution in [0.4, 0.5) is 0 Å². The summed E-state index contributed by atoms with van der Waals surface area (Å²) in [5, 5.41) is 10.9. The number of thioether (sulfide) groups is 1. The van der Waals surface area contributed by atoms with Crippen molar-refractivity contribution in [1.82, 2.24) is 4.90 Å². The van der Waals surface area contributed by atoms with E-state index in [1.165, 1.54) is 4.90 Å². The molecule has 1 heterocycles. The fourth-order valence-electron chi connectivity index (χ4n) is 1.95. The number of allylic oxidation sites excluding steroid dienone is 2. The van der Waals surface area contributed by atoms with E-state index < -0.39 is 5.97 Å². The van der Waals surface area contributed by atoms with Crippen LogP contribution in [0.1, 0.15) is 18.4 Å². The molecule has 1 amide bonds. The van der Waals surface area contributed by atoms with E-state index in [-0.39, 0.29) is 18.9 Å². The van der Waals surface area contributed by atoms with Gasteiger partial charge >= 0.3 is 0 Å². The highest BCUT2D eigenvalue weighted by molar-refractivity contribution is 8.26. The van der Waals surface area contributed by atoms with Crippen molar-refractivity contribution in [2.75, 3.05) is 6.54 Å². The normalized spacial score (nSPS) is 17.2. The molecule has 1 saturated heterocycles. The van der Waals surface area contributed by atoms with Crippen LogP contribution in [0.3, 0.4) is 0 Å². The zero-order chi connectivity index (χ0) is 16.8. The number of carbonyl (C=O) groups excluding carboxylic acids is 2. The Balaban J connectivity index is 2.06. The molecule has 0 saturated carbocycles. The summed E-state index contributed by atoms with van der Waals surface area (Å²) in [7, 11) is 0. The quantitative estimate of drug-likeness (QED) is 0.572. The van der Waals surface area contributed by atoms with Gasteiger partial charge in [-0.2, -0.15) is 0 Å². The van der Waals surface area contributed by atoms with Gasteiger partial charge in [-0.1, -0.05) is 65.9 Å². The maximum absolute atomic E-state index is 12.3. The van der Waals surface area contributed by atoms with Gasteiger partial charge in [-0.25, -0.2) is 0 Å². The van der Waals surface area contributed by atoms with Crippen molar-refractivity contribution >= 4 is 57.9 Å². The van der Waals surface area contributed by atoms with Gasteiger partial charge in [0.25, 0.3) is 5.91 Å². The molecule has 0 radical (unpaired) electrons. The topological polar surface area (TPSA) is 60.4 Å². The highest BCUT2D eigenvalue weighted by atomic mass is 35.5. The Hall–Kier alpha value is -1.63. The van der Waals surface area contributed by atoms with Gasteiger partial charge in [0.05, 0.1) is 4.91 Å². The largest absolute Gasteiger partial charge is 0.550 e. The smallest absolute Gasteiger partial charge is 0.266 e. The second-order valence-corrected chi connectivity index (χ2v) is 6.86. The third-order valence-electron chi connectivity index (χ3n) is 3.01. The van der Waals surface area contributed by atoms with Crippen molar-refractivity contribution in [2.24, 2.45) is 0 Å². The third kappa shape index (κ3) is 5.20. The molecule has 0 aliphatic carbocycles. The van der Waals surface area contributed by atoms with E-state index in [1.54, 1.807) is 12.2 Å². The number of carboxylic acids is 1. The lowest BCUT2D eigenvalue weighted by Gasteiger charge is -2.14. The van der Waals surface area contributed by atoms with Gasteiger partial charge in [0, 0.05) is 17.5 Å². The number of nitrogens with zero attached hydrogens (tertiary/aromatic N) is 1. The molecule has 1 fully saturated rings. The van der Waals surface area contributed by atoms with E-state index in [0.29, 0.717) is 20.7 Å². The van der Waals surface area contributed by atoms with Crippen molar-refractivity contribution in [3.8, 4) is 0 Å². The predicted molar refractivity (Wildman–Crippen MR) is 94.5 cm³/mol. The summed E-state index contributed by atoms with van der Waals surface area (Å²) in [6.45, 7) is 0.260. The first-order valence-corrected chi connectivity index (χ1v) is 8.45. The minimum absolute atomic E-state index is 0.106. The Morgan fingerprint density at radius 2 is 2.04 bits per heavy atom. The number of hydrogen-bond donors (Lipinski definition) is 0. The van der Waals surface area contributed by atoms with Gasteiger partial charge in [-0.15, -0.1) is 0 Å². The Morgan fingerprint density at radius 1 is 1.35 bits per heavy atom. The lowest BCUT2D eigenvalue weighted by Crippen LogP contribution is -2.30. The van der Waals surface area contributed by atoms with Crippen LogP contribution in [0.2, 0.25) is 0 Å². The maximum atomic E-state index is 12.3. The van der Waals surface area contributed by atoms with Gasteiger partial charge in [0.1, 0.15) is 4.32 Å². The van der Waals surface area contributed by atoms with Crippen LogP contribution in [0.25, 0.3) is 6.08 Å². The van der Waals surface area contributed by atoms with Crippen molar-refractivity contribution in [2.45, 2.75) is 12.8 Å². The van der Waals surface area contributed by atoms with E-state index in [4.69, 9.17) is 23.8 Å². The second-order valence-electron chi connectivity index (χ2n) is 4.75. The first kappa shape index (κ1) is 17.7. The lowest BCUT2D eigenvalue weighted by molar-refractivity contribution is -0.305. The Labute approximate surface area is 148 Å². The van der Waals surface area contributed by atoms with Gasteiger partial charge in [0.15, 0.2) is 0 Å². The number of benzene rings is 1. The molecular weight excluding hydrogens is 354 g/mol. The molecule has 0 N–H and O–H groups in total. The van der Waals surface area contributed by atoms with Crippen molar-refractivity contribution in [3.05, 3.63) is 51.9 Å². The Morgan fingerprint density at radius 3 is 2.70 bits per heavy atom. The Bertz CT molecular complexity index is 686. The SMILES string of the molecule is O=C([O-])CCCN1C(=O)C(=C/C(Cl)=C\c2ccccc2)SC1=S. The van der Waals surface area contributed by atoms with Crippen molar-refractivity contribution < 1.29 is 14.7 Å². The zero-order valence-corrected chi connectivity index (χ0v) is 14.4. The molecule has 1 aromatic rings. The number of hydrogen-bond acceptors (Lipinski definition) is 5. The molecule has 23 heavy (non-hydrogen) atoms. The first-order valence-electron chi connectivity index (χ1n) is 6.85. The Kier molecular flexibility index (Phi) is 6.38. The van der Waals surface area contributed by atoms with E-state index in [2.05, 4.69) is 0 Å². The van der Waals surface area contributed by atoms with Crippen LogP contribution in [-0.4, -0.2) is 27.6 Å². The molecule has 0 aromatic heterocycles. The zero-order valence-electron chi connectivity index (χ0n) is 12.0. The molecule has 0 bridgehead atoms. The molecule has 120 valence electrons. The lowest BCUT2D eigenvalue weighted by atomic mass is 10.2. The maximum Gasteiger partial charge on any atom is 0.266 e. The van der Waals surface area contributed by atoms with Crippen LogP contribution in [0.5, 0.6) is 0 Å². The van der Waals surface area contributed by atoms with Gasteiger partial charge < -0.3 is 9.90 Å². The summed E-state index contributed by atoms with van der Waals surface area (Å²) in [5.41, 5.74) is 0.929. The van der Waals surface area contributed by atoms with Crippen LogP contribution in [0, 0.1) is 0 Å². The molecule has 1 aliphatic rings. The number of carbonyl (C=O) groups is 2. The molecule has 0 spiro atoms. The van der Waals surface area contributed by atoms with Crippen molar-refractivity contribution in [1.29, 1.82) is 0 Å². The summed E-state index contributed by atoms with van der Waals surface area (Å²) in [4.78, 5) is 24.5. The molecule has 1 aliphatic heterocycles. The second kappa shape index (κ2) is 8.29. The molecule has 0 unspecified atom stereocenters. The summed E-state index contributed by atoms with van der Waals surface area (Å²) in [5.74, 6) is -1.39. The van der Waals surface area contributed by atoms with Crippen LogP contribution in [0.15, 0.2) is 46.3 Å². The average molecular weight is 367 g/mol. The number of rotatable bonds is 6. The standard InChI is InChI=1S/C16H14ClNO3S2/c17-12(9-11-5-2-1-3-6-11)10-13-15(21)18(16(22)23-13)8-4-7-14(19)20/h1-3,5-6,9-10H,4,7-8H2,(H,19,20)/p-1/b12-9+,13-10?. The fraction of sp³-hybridized carbons (Fsp3) is 0.188. The van der Waals surface area contributed by atoms with Gasteiger partial charge in [-0.3, -0.25) is 9.69 Å². The monoisotopic (exact) mass is 366 g/mol. The number of carboxylic acid groups (broad SMARTS) is 1. The molecule has 0 atom stereocenters. The summed E-state index contributed by atoms with van der Waals surface area (Å²) >= 11 is 12.5. The molecular formula is C16H13ClNO3S2-. The number of aliphatic carboxylic acids is 1. The summed E-state index contributed by atoms with van der Waals surface area (Å²) in [6.07, 6.45) is 3.53. The minimum Gasteiger partial charge on any atom is -0.550 e. The van der Waals surface area contributed by atoms with Crippen molar-refractivity contribution in [3.63, 3.8) is 0 Å². The van der Waals surface area contributed by atoms with Crippen LogP contribution < -0.4 is 5.11 Å². The fourth-order valence-corrected chi connectivity index (χ4v) is 3.55. The molecule has 2 rings (SSSR count). The van der Waals surface area contributed by atoms with Gasteiger partial charge in [0.2, 0.25) is 0 Å². The van der Waals surface area contributed by atoms with Crippen LogP contribution >= 0.6 is 35.6 Å². The van der Waals surface area contributed by atoms with Gasteiger partial charge in [-0.05, 0) is 30.6 Å². The predicted octanol–water partition coefficient (Wildman–Crippen LogP) is 2.54. The molecule has 4 nitrogen and oxygen atoms in total. The van der Waals surface area contributed by atoms with E-state index in [9.17, 15) is 14.7 Å². The van der Waals surface area contributed by atoms with E-state index in [0.717, 1.165) is 17.3 Å². The van der Waals surface area contributed by atoms with E-state index >= 15 is 0 Å². The first-order chi connectivity index (χ1) is 11.0. The summed E-state index contributed by atoms with van der Waals surface area (Å²) in [6, 6.07) is 9.51. The van der Waals surface area contributed by atoms with E-state index in [1.807, 2.05) is 30.3 Å². The number of amides is 1. The number of halogens is 1. The number of thiocarbonyl (C=S) groups is 1. The minimum atomic E-state index is -1.14. The molecule has 7 heteroatoms. The van der Waals surface area contributed by atoms with Crippen LogP contribution in [-0.2, 0) is 9.59 Å².